The van der Waals surface area contributed by atoms with Crippen LogP contribution in [0.2, 0.25) is 0 Å². The fraction of sp³-hybridized carbons (Fsp3) is 0.391. The predicted octanol–water partition coefficient (Wildman–Crippen LogP) is 3.85. The molecule has 152 valence electrons. The Labute approximate surface area is 170 Å². The first-order valence-corrected chi connectivity index (χ1v) is 9.94. The molecule has 4 rings (SSSR count). The van der Waals surface area contributed by atoms with Gasteiger partial charge in [-0.1, -0.05) is 0 Å². The zero-order valence-electron chi connectivity index (χ0n) is 17.0. The lowest BCUT2D eigenvalue weighted by Crippen LogP contribution is -2.41. The SMILES string of the molecule is COc1ccc2c(c1)OC(C)(C)CC2NC(=O)c1ccc(N2CCCC2=O)cc1. The van der Waals surface area contributed by atoms with Crippen molar-refractivity contribution >= 4 is 17.5 Å². The molecule has 29 heavy (non-hydrogen) atoms. The number of hydrogen-bond acceptors (Lipinski definition) is 4. The first kappa shape index (κ1) is 19.3. The van der Waals surface area contributed by atoms with E-state index in [9.17, 15) is 9.59 Å². The van der Waals surface area contributed by atoms with Crippen LogP contribution in [-0.2, 0) is 4.79 Å². The highest BCUT2D eigenvalue weighted by molar-refractivity contribution is 5.97. The van der Waals surface area contributed by atoms with Crippen molar-refractivity contribution in [1.82, 2.24) is 5.32 Å². The summed E-state index contributed by atoms with van der Waals surface area (Å²) >= 11 is 0. The summed E-state index contributed by atoms with van der Waals surface area (Å²) in [5.74, 6) is 1.44. The number of amides is 2. The maximum atomic E-state index is 12.9. The van der Waals surface area contributed by atoms with Gasteiger partial charge < -0.3 is 19.7 Å². The zero-order valence-corrected chi connectivity index (χ0v) is 17.0. The van der Waals surface area contributed by atoms with Gasteiger partial charge in [0.1, 0.15) is 17.1 Å². The van der Waals surface area contributed by atoms with Crippen LogP contribution in [0.15, 0.2) is 42.5 Å². The molecule has 6 heteroatoms. The number of benzene rings is 2. The number of fused-ring (bicyclic) bond motifs is 1. The summed E-state index contributed by atoms with van der Waals surface area (Å²) in [6, 6.07) is 12.7. The molecule has 0 saturated carbocycles. The minimum atomic E-state index is -0.405. The number of nitrogens with one attached hydrogen (secondary N) is 1. The Morgan fingerprint density at radius 1 is 1.21 bits per heavy atom. The number of ether oxygens (including phenoxy) is 2. The largest absolute Gasteiger partial charge is 0.497 e. The molecule has 2 aromatic rings. The highest BCUT2D eigenvalue weighted by atomic mass is 16.5. The standard InChI is InChI=1S/C23H26N2O4/c1-23(2)14-19(18-11-10-17(28-3)13-20(18)29-23)24-22(27)15-6-8-16(9-7-15)25-12-4-5-21(25)26/h6-11,13,19H,4-5,12,14H2,1-3H3,(H,24,27). The van der Waals surface area contributed by atoms with Crippen LogP contribution in [-0.4, -0.2) is 31.1 Å². The van der Waals surface area contributed by atoms with Crippen molar-refractivity contribution in [3.8, 4) is 11.5 Å². The molecule has 6 nitrogen and oxygen atoms in total. The number of carbonyl (C=O) groups is 2. The molecule has 2 aliphatic heterocycles. The van der Waals surface area contributed by atoms with E-state index in [1.165, 1.54) is 0 Å². The van der Waals surface area contributed by atoms with Crippen molar-refractivity contribution in [2.24, 2.45) is 0 Å². The van der Waals surface area contributed by atoms with Gasteiger partial charge in [-0.2, -0.15) is 0 Å². The van der Waals surface area contributed by atoms with Gasteiger partial charge in [0.05, 0.1) is 13.2 Å². The molecule has 1 unspecified atom stereocenters. The summed E-state index contributed by atoms with van der Waals surface area (Å²) in [5, 5.41) is 3.14. The van der Waals surface area contributed by atoms with Crippen LogP contribution in [0.1, 0.15) is 55.1 Å². The highest BCUT2D eigenvalue weighted by Crippen LogP contribution is 2.41. The van der Waals surface area contributed by atoms with Gasteiger partial charge in [0.25, 0.3) is 5.91 Å². The third-order valence-corrected chi connectivity index (χ3v) is 5.50. The van der Waals surface area contributed by atoms with Crippen molar-refractivity contribution in [2.45, 2.75) is 44.8 Å². The Morgan fingerprint density at radius 3 is 2.62 bits per heavy atom. The van der Waals surface area contributed by atoms with Crippen molar-refractivity contribution in [2.75, 3.05) is 18.6 Å². The third-order valence-electron chi connectivity index (χ3n) is 5.50. The molecule has 2 amide bonds. The predicted molar refractivity (Wildman–Crippen MR) is 111 cm³/mol. The van der Waals surface area contributed by atoms with Crippen molar-refractivity contribution in [1.29, 1.82) is 0 Å². The maximum absolute atomic E-state index is 12.9. The highest BCUT2D eigenvalue weighted by Gasteiger charge is 2.35. The summed E-state index contributed by atoms with van der Waals surface area (Å²) in [4.78, 5) is 26.6. The number of nitrogens with zero attached hydrogens (tertiary/aromatic N) is 1. The number of methoxy groups -OCH3 is 1. The minimum Gasteiger partial charge on any atom is -0.497 e. The molecule has 0 radical (unpaired) electrons. The first-order valence-electron chi connectivity index (χ1n) is 9.94. The average Bonchev–Trinajstić information content (AvgIpc) is 3.12. The second-order valence-corrected chi connectivity index (χ2v) is 8.19. The molecule has 1 N–H and O–H groups in total. The van der Waals surface area contributed by atoms with E-state index in [-0.39, 0.29) is 17.9 Å². The number of hydrogen-bond donors (Lipinski definition) is 1. The van der Waals surface area contributed by atoms with E-state index in [1.807, 2.05) is 44.2 Å². The molecule has 0 aliphatic carbocycles. The molecule has 2 aliphatic rings. The fourth-order valence-electron chi connectivity index (χ4n) is 4.04. The molecule has 0 bridgehead atoms. The maximum Gasteiger partial charge on any atom is 0.251 e. The van der Waals surface area contributed by atoms with Crippen LogP contribution < -0.4 is 19.7 Å². The van der Waals surface area contributed by atoms with E-state index in [2.05, 4.69) is 5.32 Å². The number of anilines is 1. The van der Waals surface area contributed by atoms with Crippen molar-refractivity contribution < 1.29 is 19.1 Å². The van der Waals surface area contributed by atoms with E-state index < -0.39 is 5.60 Å². The molecule has 0 aromatic heterocycles. The molecular formula is C23H26N2O4. The number of rotatable bonds is 4. The topological polar surface area (TPSA) is 67.9 Å². The molecule has 2 heterocycles. The average molecular weight is 394 g/mol. The number of carbonyl (C=O) groups excluding carboxylic acids is 2. The van der Waals surface area contributed by atoms with Gasteiger partial charge in [-0.05, 0) is 56.7 Å². The van der Waals surface area contributed by atoms with Crippen molar-refractivity contribution in [3.05, 3.63) is 53.6 Å². The summed E-state index contributed by atoms with van der Waals surface area (Å²) in [6.07, 6.45) is 2.13. The van der Waals surface area contributed by atoms with E-state index in [4.69, 9.17) is 9.47 Å². The Morgan fingerprint density at radius 2 is 1.97 bits per heavy atom. The fourth-order valence-corrected chi connectivity index (χ4v) is 4.04. The third kappa shape index (κ3) is 3.92. The lowest BCUT2D eigenvalue weighted by atomic mass is 9.89. The lowest BCUT2D eigenvalue weighted by molar-refractivity contribution is -0.117. The molecule has 1 atom stereocenters. The van der Waals surface area contributed by atoms with Gasteiger partial charge in [0.2, 0.25) is 5.91 Å². The normalized spacial score (nSPS) is 20.0. The van der Waals surface area contributed by atoms with Crippen LogP contribution in [0.5, 0.6) is 11.5 Å². The second-order valence-electron chi connectivity index (χ2n) is 8.19. The zero-order chi connectivity index (χ0) is 20.6. The van der Waals surface area contributed by atoms with Crippen LogP contribution in [0, 0.1) is 0 Å². The summed E-state index contributed by atoms with van der Waals surface area (Å²) in [6.45, 7) is 4.76. The molecule has 0 spiro atoms. The summed E-state index contributed by atoms with van der Waals surface area (Å²) in [5.41, 5.74) is 1.95. The van der Waals surface area contributed by atoms with Crippen LogP contribution in [0.3, 0.4) is 0 Å². The minimum absolute atomic E-state index is 0.138. The van der Waals surface area contributed by atoms with Gasteiger partial charge in [-0.15, -0.1) is 0 Å². The van der Waals surface area contributed by atoms with Gasteiger partial charge in [0.15, 0.2) is 0 Å². The molecule has 1 saturated heterocycles. The van der Waals surface area contributed by atoms with Gasteiger partial charge in [-0.25, -0.2) is 0 Å². The van der Waals surface area contributed by atoms with Gasteiger partial charge in [0, 0.05) is 42.3 Å². The quantitative estimate of drug-likeness (QED) is 0.855. The first-order chi connectivity index (χ1) is 13.9. The molecule has 2 aromatic carbocycles. The summed E-state index contributed by atoms with van der Waals surface area (Å²) < 4.78 is 11.4. The Bertz CT molecular complexity index is 936. The van der Waals surface area contributed by atoms with Crippen LogP contribution >= 0.6 is 0 Å². The van der Waals surface area contributed by atoms with Gasteiger partial charge in [-0.3, -0.25) is 9.59 Å². The Kier molecular flexibility index (Phi) is 4.94. The van der Waals surface area contributed by atoms with E-state index in [1.54, 1.807) is 24.1 Å². The molecule has 1 fully saturated rings. The Hall–Kier alpha value is -3.02. The van der Waals surface area contributed by atoms with Crippen LogP contribution in [0.25, 0.3) is 0 Å². The van der Waals surface area contributed by atoms with E-state index >= 15 is 0 Å². The Balaban J connectivity index is 1.53. The van der Waals surface area contributed by atoms with E-state index in [0.29, 0.717) is 18.4 Å². The van der Waals surface area contributed by atoms with Gasteiger partial charge >= 0.3 is 0 Å². The monoisotopic (exact) mass is 394 g/mol. The van der Waals surface area contributed by atoms with Crippen LogP contribution in [0.4, 0.5) is 5.69 Å². The van der Waals surface area contributed by atoms with Crippen molar-refractivity contribution in [3.63, 3.8) is 0 Å². The van der Waals surface area contributed by atoms with E-state index in [0.717, 1.165) is 35.7 Å². The summed E-state index contributed by atoms with van der Waals surface area (Å²) in [7, 11) is 1.62. The second kappa shape index (κ2) is 7.43. The smallest absolute Gasteiger partial charge is 0.251 e. The molecular weight excluding hydrogens is 368 g/mol. The lowest BCUT2D eigenvalue weighted by Gasteiger charge is -2.38.